The lowest BCUT2D eigenvalue weighted by atomic mass is 10.0. The van der Waals surface area contributed by atoms with Crippen LogP contribution < -0.4 is 10.6 Å². The van der Waals surface area contributed by atoms with Gasteiger partial charge in [0.15, 0.2) is 0 Å². The number of nitrogens with one attached hydrogen (secondary N) is 2. The molecule has 1 fully saturated rings. The fraction of sp³-hybridized carbons (Fsp3) is 0.417. The van der Waals surface area contributed by atoms with E-state index in [0.717, 1.165) is 22.3 Å². The maximum absolute atomic E-state index is 11.6. The second-order valence-corrected chi connectivity index (χ2v) is 5.64. The minimum absolute atomic E-state index is 0.101. The summed E-state index contributed by atoms with van der Waals surface area (Å²) < 4.78 is 6.69. The molecule has 1 amide bonds. The van der Waals surface area contributed by atoms with Crippen molar-refractivity contribution in [3.63, 3.8) is 0 Å². The molecule has 4 nitrogen and oxygen atoms in total. The second kappa shape index (κ2) is 5.32. The van der Waals surface area contributed by atoms with Crippen LogP contribution >= 0.6 is 22.6 Å². The number of anilines is 1. The van der Waals surface area contributed by atoms with Gasteiger partial charge in [-0.05, 0) is 53.8 Å². The van der Waals surface area contributed by atoms with Crippen LogP contribution in [0.2, 0.25) is 0 Å². The molecule has 0 spiro atoms. The van der Waals surface area contributed by atoms with Gasteiger partial charge in [-0.1, -0.05) is 0 Å². The number of carbonyl (C=O) groups is 1. The molecule has 2 N–H and O–H groups in total. The zero-order valence-corrected chi connectivity index (χ0v) is 11.8. The van der Waals surface area contributed by atoms with Crippen LogP contribution in [0.5, 0.6) is 0 Å². The Morgan fingerprint density at radius 2 is 2.12 bits per heavy atom. The standard InChI is InChI=1S/C12H15IN2O2/c1-12(7-14-8-12)17-6-11(16)15-10-4-2-9(13)3-5-10/h2-5,14H,6-8H2,1H3,(H,15,16). The van der Waals surface area contributed by atoms with Gasteiger partial charge in [0.05, 0.1) is 5.60 Å². The third-order valence-corrected chi connectivity index (χ3v) is 3.40. The highest BCUT2D eigenvalue weighted by atomic mass is 127. The van der Waals surface area contributed by atoms with Gasteiger partial charge in [0.2, 0.25) is 5.91 Å². The highest BCUT2D eigenvalue weighted by Gasteiger charge is 2.32. The summed E-state index contributed by atoms with van der Waals surface area (Å²) in [6.07, 6.45) is 0. The minimum atomic E-state index is -0.177. The van der Waals surface area contributed by atoms with Crippen LogP contribution in [0.1, 0.15) is 6.92 Å². The van der Waals surface area contributed by atoms with Crippen molar-refractivity contribution in [2.45, 2.75) is 12.5 Å². The van der Waals surface area contributed by atoms with Crippen molar-refractivity contribution in [3.8, 4) is 0 Å². The Morgan fingerprint density at radius 1 is 1.47 bits per heavy atom. The number of amides is 1. The van der Waals surface area contributed by atoms with Crippen molar-refractivity contribution < 1.29 is 9.53 Å². The Kier molecular flexibility index (Phi) is 4.01. The first-order chi connectivity index (χ1) is 8.07. The number of carbonyl (C=O) groups excluding carboxylic acids is 1. The van der Waals surface area contributed by atoms with Gasteiger partial charge in [-0.25, -0.2) is 0 Å². The van der Waals surface area contributed by atoms with Crippen LogP contribution in [0.3, 0.4) is 0 Å². The van der Waals surface area contributed by atoms with Gasteiger partial charge < -0.3 is 15.4 Å². The largest absolute Gasteiger partial charge is 0.363 e. The summed E-state index contributed by atoms with van der Waals surface area (Å²) in [6.45, 7) is 3.72. The molecule has 1 aliphatic rings. The first-order valence-corrected chi connectivity index (χ1v) is 6.55. The number of rotatable bonds is 4. The van der Waals surface area contributed by atoms with E-state index in [1.807, 2.05) is 31.2 Å². The molecule has 1 aromatic carbocycles. The van der Waals surface area contributed by atoms with E-state index in [0.29, 0.717) is 0 Å². The molecule has 0 atom stereocenters. The Hall–Kier alpha value is -0.660. The number of hydrogen-bond acceptors (Lipinski definition) is 3. The Morgan fingerprint density at radius 3 is 2.65 bits per heavy atom. The van der Waals surface area contributed by atoms with Crippen LogP contribution in [0, 0.1) is 3.57 Å². The first kappa shape index (κ1) is 12.8. The van der Waals surface area contributed by atoms with E-state index in [1.54, 1.807) is 0 Å². The Balaban J connectivity index is 1.79. The van der Waals surface area contributed by atoms with E-state index in [-0.39, 0.29) is 18.1 Å². The van der Waals surface area contributed by atoms with Gasteiger partial charge in [0.1, 0.15) is 6.61 Å². The van der Waals surface area contributed by atoms with Crippen LogP contribution in [-0.4, -0.2) is 31.2 Å². The Labute approximate surface area is 114 Å². The molecule has 0 saturated carbocycles. The maximum Gasteiger partial charge on any atom is 0.250 e. The summed E-state index contributed by atoms with van der Waals surface area (Å²) in [5.74, 6) is -0.112. The summed E-state index contributed by atoms with van der Waals surface area (Å²) >= 11 is 2.23. The maximum atomic E-state index is 11.6. The lowest BCUT2D eigenvalue weighted by molar-refractivity contribution is -0.130. The Bertz CT molecular complexity index is 401. The van der Waals surface area contributed by atoms with Crippen molar-refractivity contribution in [1.29, 1.82) is 0 Å². The van der Waals surface area contributed by atoms with Crippen molar-refractivity contribution in [2.75, 3.05) is 25.0 Å². The highest BCUT2D eigenvalue weighted by Crippen LogP contribution is 2.15. The van der Waals surface area contributed by atoms with Gasteiger partial charge >= 0.3 is 0 Å². The van der Waals surface area contributed by atoms with E-state index in [9.17, 15) is 4.79 Å². The van der Waals surface area contributed by atoms with Crippen LogP contribution in [0.4, 0.5) is 5.69 Å². The van der Waals surface area contributed by atoms with Gasteiger partial charge in [-0.3, -0.25) is 4.79 Å². The number of halogens is 1. The van der Waals surface area contributed by atoms with Crippen LogP contribution in [0.25, 0.3) is 0 Å². The molecule has 0 bridgehead atoms. The zero-order chi connectivity index (χ0) is 12.3. The summed E-state index contributed by atoms with van der Waals surface area (Å²) in [5.41, 5.74) is 0.625. The normalized spacial score (nSPS) is 17.3. The summed E-state index contributed by atoms with van der Waals surface area (Å²) in [7, 11) is 0. The van der Waals surface area contributed by atoms with Crippen molar-refractivity contribution in [1.82, 2.24) is 5.32 Å². The number of hydrogen-bond donors (Lipinski definition) is 2. The van der Waals surface area contributed by atoms with E-state index in [1.165, 1.54) is 0 Å². The topological polar surface area (TPSA) is 50.4 Å². The second-order valence-electron chi connectivity index (χ2n) is 4.40. The molecule has 1 saturated heterocycles. The molecule has 92 valence electrons. The summed E-state index contributed by atoms with van der Waals surface area (Å²) in [5, 5.41) is 5.93. The average Bonchev–Trinajstić information content (AvgIpc) is 2.27. The molecule has 2 rings (SSSR count). The lowest BCUT2D eigenvalue weighted by Crippen LogP contribution is -2.59. The molecule has 5 heteroatoms. The predicted molar refractivity (Wildman–Crippen MR) is 75.0 cm³/mol. The molecule has 1 heterocycles. The molecule has 0 unspecified atom stereocenters. The predicted octanol–water partition coefficient (Wildman–Crippen LogP) is 1.61. The molecule has 0 aliphatic carbocycles. The number of benzene rings is 1. The average molecular weight is 346 g/mol. The van der Waals surface area contributed by atoms with E-state index >= 15 is 0 Å². The van der Waals surface area contributed by atoms with Gasteiger partial charge in [0.25, 0.3) is 0 Å². The van der Waals surface area contributed by atoms with Crippen molar-refractivity contribution in [3.05, 3.63) is 27.8 Å². The van der Waals surface area contributed by atoms with E-state index in [4.69, 9.17) is 4.74 Å². The van der Waals surface area contributed by atoms with E-state index in [2.05, 4.69) is 33.2 Å². The van der Waals surface area contributed by atoms with Crippen LogP contribution in [0.15, 0.2) is 24.3 Å². The molecule has 1 aliphatic heterocycles. The fourth-order valence-corrected chi connectivity index (χ4v) is 1.91. The van der Waals surface area contributed by atoms with E-state index < -0.39 is 0 Å². The van der Waals surface area contributed by atoms with Crippen molar-refractivity contribution >= 4 is 34.2 Å². The monoisotopic (exact) mass is 346 g/mol. The molecular weight excluding hydrogens is 331 g/mol. The highest BCUT2D eigenvalue weighted by molar-refractivity contribution is 14.1. The fourth-order valence-electron chi connectivity index (χ4n) is 1.55. The molecule has 0 aromatic heterocycles. The smallest absolute Gasteiger partial charge is 0.250 e. The zero-order valence-electron chi connectivity index (χ0n) is 9.63. The minimum Gasteiger partial charge on any atom is -0.363 e. The number of ether oxygens (including phenoxy) is 1. The quantitative estimate of drug-likeness (QED) is 0.815. The van der Waals surface area contributed by atoms with Crippen molar-refractivity contribution in [2.24, 2.45) is 0 Å². The summed E-state index contributed by atoms with van der Waals surface area (Å²) in [4.78, 5) is 11.6. The third-order valence-electron chi connectivity index (χ3n) is 2.68. The van der Waals surface area contributed by atoms with Gasteiger partial charge in [0, 0.05) is 22.3 Å². The van der Waals surface area contributed by atoms with Crippen LogP contribution in [-0.2, 0) is 9.53 Å². The molecule has 0 radical (unpaired) electrons. The lowest BCUT2D eigenvalue weighted by Gasteiger charge is -2.38. The molecular formula is C12H15IN2O2. The summed E-state index contributed by atoms with van der Waals surface area (Å²) in [6, 6.07) is 7.67. The third kappa shape index (κ3) is 3.65. The molecule has 1 aromatic rings. The van der Waals surface area contributed by atoms with Gasteiger partial charge in [-0.15, -0.1) is 0 Å². The SMILES string of the molecule is CC1(OCC(=O)Nc2ccc(I)cc2)CNC1. The first-order valence-electron chi connectivity index (χ1n) is 5.48. The molecule has 17 heavy (non-hydrogen) atoms. The van der Waals surface area contributed by atoms with Gasteiger partial charge in [-0.2, -0.15) is 0 Å².